The molecule has 0 aliphatic carbocycles. The summed E-state index contributed by atoms with van der Waals surface area (Å²) >= 11 is 1.49. The number of para-hydroxylation sites is 1. The number of thioether (sulfide) groups is 1. The van der Waals surface area contributed by atoms with Crippen molar-refractivity contribution in [1.29, 1.82) is 0 Å². The van der Waals surface area contributed by atoms with Crippen LogP contribution in [0, 0.1) is 17.0 Å². The van der Waals surface area contributed by atoms with Crippen LogP contribution in [-0.2, 0) is 5.75 Å². The number of hydrogen-bond acceptors (Lipinski definition) is 6. The minimum Gasteiger partial charge on any atom is -0.270 e. The van der Waals surface area contributed by atoms with Crippen molar-refractivity contribution < 1.29 is 4.92 Å². The van der Waals surface area contributed by atoms with Gasteiger partial charge in [0.1, 0.15) is 0 Å². The summed E-state index contributed by atoms with van der Waals surface area (Å²) in [5, 5.41) is 20.5. The first-order chi connectivity index (χ1) is 14.1. The largest absolute Gasteiger partial charge is 0.270 e. The Morgan fingerprint density at radius 1 is 1.07 bits per heavy atom. The summed E-state index contributed by atoms with van der Waals surface area (Å²) in [5.41, 5.74) is 3.88. The number of nitrogens with zero attached hydrogens (tertiary/aromatic N) is 5. The molecule has 0 bridgehead atoms. The van der Waals surface area contributed by atoms with E-state index in [4.69, 9.17) is 0 Å². The normalized spacial score (nSPS) is 10.8. The zero-order valence-electron chi connectivity index (χ0n) is 15.6. The second kappa shape index (κ2) is 8.24. The summed E-state index contributed by atoms with van der Waals surface area (Å²) in [5.74, 6) is 1.24. The Balaban J connectivity index is 1.72. The van der Waals surface area contributed by atoms with E-state index in [0.29, 0.717) is 16.7 Å². The van der Waals surface area contributed by atoms with Crippen molar-refractivity contribution in [3.8, 4) is 17.1 Å². The molecule has 0 unspecified atom stereocenters. The van der Waals surface area contributed by atoms with E-state index in [2.05, 4.69) is 15.2 Å². The van der Waals surface area contributed by atoms with Crippen molar-refractivity contribution in [2.45, 2.75) is 17.8 Å². The molecule has 0 atom stereocenters. The lowest BCUT2D eigenvalue weighted by molar-refractivity contribution is -0.384. The molecule has 0 radical (unpaired) electrons. The molecule has 4 aromatic rings. The summed E-state index contributed by atoms with van der Waals surface area (Å²) in [6.07, 6.45) is 3.48. The highest BCUT2D eigenvalue weighted by atomic mass is 32.2. The van der Waals surface area contributed by atoms with E-state index in [-0.39, 0.29) is 10.6 Å². The Morgan fingerprint density at radius 2 is 1.93 bits per heavy atom. The minimum atomic E-state index is -0.384. The van der Waals surface area contributed by atoms with Crippen molar-refractivity contribution in [3.05, 3.63) is 94.3 Å². The number of benzene rings is 2. The van der Waals surface area contributed by atoms with Crippen molar-refractivity contribution in [3.63, 3.8) is 0 Å². The van der Waals surface area contributed by atoms with Crippen molar-refractivity contribution in [1.82, 2.24) is 19.7 Å². The van der Waals surface area contributed by atoms with Gasteiger partial charge in [0, 0.05) is 35.8 Å². The molecule has 29 heavy (non-hydrogen) atoms. The Hall–Kier alpha value is -3.52. The highest BCUT2D eigenvalue weighted by Gasteiger charge is 2.18. The third-order valence-electron chi connectivity index (χ3n) is 4.40. The van der Waals surface area contributed by atoms with Gasteiger partial charge in [0.2, 0.25) is 0 Å². The van der Waals surface area contributed by atoms with Crippen LogP contribution in [0.4, 0.5) is 5.69 Å². The molecule has 2 aromatic carbocycles. The summed E-state index contributed by atoms with van der Waals surface area (Å²) in [4.78, 5) is 14.8. The van der Waals surface area contributed by atoms with Gasteiger partial charge in [0.05, 0.1) is 10.6 Å². The van der Waals surface area contributed by atoms with Crippen molar-refractivity contribution in [2.24, 2.45) is 0 Å². The number of hydrogen-bond donors (Lipinski definition) is 0. The second-order valence-electron chi connectivity index (χ2n) is 6.39. The topological polar surface area (TPSA) is 86.7 Å². The molecule has 0 saturated carbocycles. The lowest BCUT2D eigenvalue weighted by Gasteiger charge is -2.12. The monoisotopic (exact) mass is 403 g/mol. The van der Waals surface area contributed by atoms with Crippen LogP contribution < -0.4 is 0 Å². The minimum absolute atomic E-state index is 0.0829. The van der Waals surface area contributed by atoms with Crippen LogP contribution >= 0.6 is 11.8 Å². The van der Waals surface area contributed by atoms with E-state index < -0.39 is 0 Å². The highest BCUT2D eigenvalue weighted by Crippen LogP contribution is 2.31. The predicted octanol–water partition coefficient (Wildman–Crippen LogP) is 4.84. The fourth-order valence-corrected chi connectivity index (χ4v) is 3.87. The molecule has 2 heterocycles. The first kappa shape index (κ1) is 18.8. The molecule has 0 aliphatic rings. The summed E-state index contributed by atoms with van der Waals surface area (Å²) < 4.78 is 2.01. The molecule has 144 valence electrons. The highest BCUT2D eigenvalue weighted by molar-refractivity contribution is 7.98. The van der Waals surface area contributed by atoms with Crippen LogP contribution in [-0.4, -0.2) is 24.7 Å². The maximum absolute atomic E-state index is 11.0. The summed E-state index contributed by atoms with van der Waals surface area (Å²) in [6, 6.07) is 18.5. The van der Waals surface area contributed by atoms with Crippen LogP contribution in [0.25, 0.3) is 17.1 Å². The van der Waals surface area contributed by atoms with Gasteiger partial charge in [-0.25, -0.2) is 0 Å². The lowest BCUT2D eigenvalue weighted by Crippen LogP contribution is -2.02. The number of aromatic nitrogens is 4. The van der Waals surface area contributed by atoms with Gasteiger partial charge in [-0.3, -0.25) is 19.7 Å². The maximum atomic E-state index is 11.0. The Labute approximate surface area is 171 Å². The van der Waals surface area contributed by atoms with Crippen molar-refractivity contribution in [2.75, 3.05) is 0 Å². The molecule has 0 N–H and O–H groups in total. The van der Waals surface area contributed by atoms with E-state index in [1.165, 1.54) is 17.8 Å². The molecule has 8 heteroatoms. The zero-order valence-corrected chi connectivity index (χ0v) is 16.4. The van der Waals surface area contributed by atoms with Gasteiger partial charge in [-0.2, -0.15) is 0 Å². The van der Waals surface area contributed by atoms with Crippen molar-refractivity contribution >= 4 is 17.4 Å². The number of nitro groups is 1. The number of rotatable bonds is 6. The van der Waals surface area contributed by atoms with Gasteiger partial charge in [0.15, 0.2) is 11.0 Å². The third-order valence-corrected chi connectivity index (χ3v) is 5.40. The van der Waals surface area contributed by atoms with Crippen LogP contribution in [0.2, 0.25) is 0 Å². The van der Waals surface area contributed by atoms with Gasteiger partial charge < -0.3 is 0 Å². The molecule has 0 saturated heterocycles. The molecule has 2 aromatic heterocycles. The molecule has 7 nitrogen and oxygen atoms in total. The first-order valence-electron chi connectivity index (χ1n) is 8.91. The van der Waals surface area contributed by atoms with E-state index in [9.17, 15) is 10.1 Å². The van der Waals surface area contributed by atoms with Crippen LogP contribution in [0.1, 0.15) is 11.1 Å². The average molecular weight is 403 g/mol. The van der Waals surface area contributed by atoms with Crippen LogP contribution in [0.5, 0.6) is 0 Å². The van der Waals surface area contributed by atoms with Gasteiger partial charge in [0.25, 0.3) is 5.69 Å². The summed E-state index contributed by atoms with van der Waals surface area (Å²) in [7, 11) is 0. The molecular formula is C21H17N5O2S. The molecule has 0 fully saturated rings. The predicted molar refractivity (Wildman–Crippen MR) is 112 cm³/mol. The number of nitro benzene ring substituents is 1. The molecule has 4 rings (SSSR count). The number of pyridine rings is 1. The van der Waals surface area contributed by atoms with Gasteiger partial charge in [-0.1, -0.05) is 42.1 Å². The van der Waals surface area contributed by atoms with Gasteiger partial charge in [-0.05, 0) is 36.2 Å². The quantitative estimate of drug-likeness (QED) is 0.260. The molecule has 0 amide bonds. The smallest absolute Gasteiger partial charge is 0.269 e. The molecule has 0 spiro atoms. The van der Waals surface area contributed by atoms with E-state index in [1.807, 2.05) is 54.0 Å². The van der Waals surface area contributed by atoms with E-state index in [0.717, 1.165) is 22.4 Å². The number of aryl methyl sites for hydroxylation is 1. The summed E-state index contributed by atoms with van der Waals surface area (Å²) in [6.45, 7) is 2.04. The fourth-order valence-electron chi connectivity index (χ4n) is 2.98. The zero-order chi connectivity index (χ0) is 20.2. The first-order valence-corrected chi connectivity index (χ1v) is 9.90. The Morgan fingerprint density at radius 3 is 2.69 bits per heavy atom. The SMILES string of the molecule is Cc1ccccc1-n1c(SCc2cccc([N+](=O)[O-])c2)nnc1-c1cccnc1. The second-order valence-corrected chi connectivity index (χ2v) is 7.33. The van der Waals surface area contributed by atoms with Crippen LogP contribution in [0.3, 0.4) is 0 Å². The standard InChI is InChI=1S/C21H17N5O2S/c1-15-6-2-3-10-19(15)25-20(17-8-5-11-22-13-17)23-24-21(25)29-14-16-7-4-9-18(12-16)26(27)28/h2-13H,14H2,1H3. The maximum Gasteiger partial charge on any atom is 0.269 e. The Bertz CT molecular complexity index is 1160. The average Bonchev–Trinajstić information content (AvgIpc) is 3.17. The van der Waals surface area contributed by atoms with Gasteiger partial charge >= 0.3 is 0 Å². The van der Waals surface area contributed by atoms with E-state index >= 15 is 0 Å². The van der Waals surface area contributed by atoms with Crippen LogP contribution in [0.15, 0.2) is 78.2 Å². The molecular weight excluding hydrogens is 386 g/mol. The fraction of sp³-hybridized carbons (Fsp3) is 0.0952. The van der Waals surface area contributed by atoms with Gasteiger partial charge in [-0.15, -0.1) is 10.2 Å². The Kier molecular flexibility index (Phi) is 5.35. The number of non-ortho nitro benzene ring substituents is 1. The molecule has 0 aliphatic heterocycles. The lowest BCUT2D eigenvalue weighted by atomic mass is 10.2. The van der Waals surface area contributed by atoms with E-state index in [1.54, 1.807) is 24.5 Å². The third kappa shape index (κ3) is 4.02.